The Morgan fingerprint density at radius 1 is 0.625 bits per heavy atom. The van der Waals surface area contributed by atoms with Gasteiger partial charge in [0.25, 0.3) is 0 Å². The molecule has 4 saturated heterocycles. The molecule has 0 aromatic carbocycles. The SMILES string of the molecule is COC(=O)C1=CO[C@@H](O[C@@H]2O[C@H](CO[C@H]3C[C@@H]4C(C(=O)OC)=CO[C@@H](O[C@@H]5O[C@H](CO)[C@@H](O)[C@H](O)[C@H]5O)[C@@H]4[C@H](C)O3)[C@@H](O)[C@H](O)[C@H]2O)[C@@H]2[C@H](C)O[C@@H](OC)C[C@H]12. The molecular weight excluding hydrogens is 756 g/mol. The first-order valence-corrected chi connectivity index (χ1v) is 18.4. The van der Waals surface area contributed by atoms with E-state index in [9.17, 15) is 45.3 Å². The smallest absolute Gasteiger partial charge is 0.337 e. The van der Waals surface area contributed by atoms with Crippen LogP contribution in [0.3, 0.4) is 0 Å². The van der Waals surface area contributed by atoms with Gasteiger partial charge in [-0.3, -0.25) is 0 Å². The lowest BCUT2D eigenvalue weighted by Crippen LogP contribution is -2.61. The van der Waals surface area contributed by atoms with E-state index in [1.54, 1.807) is 13.8 Å². The zero-order valence-electron chi connectivity index (χ0n) is 31.4. The molecule has 0 radical (unpaired) electrons. The Hall–Kier alpha value is -2.58. The largest absolute Gasteiger partial charge is 0.471 e. The van der Waals surface area contributed by atoms with Gasteiger partial charge < -0.3 is 92.6 Å². The van der Waals surface area contributed by atoms with Crippen LogP contribution in [-0.4, -0.2) is 181 Å². The van der Waals surface area contributed by atoms with Crippen LogP contribution in [-0.2, 0) is 66.4 Å². The average molecular weight is 809 g/mol. The number of ether oxygens (including phenoxy) is 12. The van der Waals surface area contributed by atoms with Crippen LogP contribution in [0.1, 0.15) is 26.7 Å². The minimum Gasteiger partial charge on any atom is -0.471 e. The minimum atomic E-state index is -1.75. The van der Waals surface area contributed by atoms with Gasteiger partial charge in [0.15, 0.2) is 25.2 Å². The van der Waals surface area contributed by atoms with Crippen molar-refractivity contribution in [3.05, 3.63) is 23.7 Å². The van der Waals surface area contributed by atoms with E-state index in [0.717, 1.165) is 6.26 Å². The van der Waals surface area contributed by atoms with Crippen LogP contribution in [0, 0.1) is 23.7 Å². The third-order valence-electron chi connectivity index (χ3n) is 11.3. The van der Waals surface area contributed by atoms with Crippen molar-refractivity contribution in [3.8, 4) is 0 Å². The van der Waals surface area contributed by atoms with Crippen molar-refractivity contribution in [2.24, 2.45) is 23.7 Å². The van der Waals surface area contributed by atoms with Gasteiger partial charge in [-0.15, -0.1) is 0 Å². The molecule has 0 saturated carbocycles. The molecule has 7 N–H and O–H groups in total. The Bertz CT molecular complexity index is 1430. The maximum atomic E-state index is 12.9. The molecule has 0 aliphatic carbocycles. The van der Waals surface area contributed by atoms with Crippen molar-refractivity contribution < 1.29 is 102 Å². The Morgan fingerprint density at radius 3 is 1.54 bits per heavy atom. The standard InChI is InChI=1S/C35H52O21/c1-12-22-14(6-20(45-3)51-12)16(30(43)46-4)9-49-32(22)56-35-29(42)27(40)25(38)19(54-35)11-48-21-7-15-17(31(44)47-5)10-50-33(23(15)13(2)52-21)55-34-28(41)26(39)24(37)18(8-36)53-34/h9-10,12-15,18-29,32-42H,6-8,11H2,1-5H3/t12-,13-,14+,15+,18+,19+,20+,21+,22+,23+,24+,25+,26-,27-,28+,29+,32-,33-,34-,35-/m0/s1. The van der Waals surface area contributed by atoms with Crippen molar-refractivity contribution in [2.45, 2.75) is 125 Å². The molecule has 318 valence electrons. The molecule has 0 aromatic heterocycles. The lowest BCUT2D eigenvalue weighted by molar-refractivity contribution is -0.362. The molecule has 6 aliphatic heterocycles. The second-order valence-corrected chi connectivity index (χ2v) is 14.6. The lowest BCUT2D eigenvalue weighted by Gasteiger charge is -2.48. The van der Waals surface area contributed by atoms with Crippen molar-refractivity contribution in [1.82, 2.24) is 0 Å². The molecular formula is C35H52O21. The highest BCUT2D eigenvalue weighted by Crippen LogP contribution is 2.45. The summed E-state index contributed by atoms with van der Waals surface area (Å²) in [5, 5.41) is 73.3. The molecule has 20 atom stereocenters. The molecule has 0 amide bonds. The first-order chi connectivity index (χ1) is 26.7. The summed E-state index contributed by atoms with van der Waals surface area (Å²) in [6.07, 6.45) is -18.5. The van der Waals surface area contributed by atoms with Crippen LogP contribution in [0.5, 0.6) is 0 Å². The number of carbonyl (C=O) groups is 2. The van der Waals surface area contributed by atoms with E-state index in [2.05, 4.69) is 0 Å². The molecule has 6 rings (SSSR count). The summed E-state index contributed by atoms with van der Waals surface area (Å²) >= 11 is 0. The van der Waals surface area contributed by atoms with Crippen LogP contribution >= 0.6 is 0 Å². The highest BCUT2D eigenvalue weighted by atomic mass is 16.8. The molecule has 0 aromatic rings. The summed E-state index contributed by atoms with van der Waals surface area (Å²) in [6.45, 7) is 2.33. The van der Waals surface area contributed by atoms with E-state index in [4.69, 9.17) is 56.8 Å². The average Bonchev–Trinajstić information content (AvgIpc) is 3.19. The van der Waals surface area contributed by atoms with Gasteiger partial charge in [0, 0.05) is 31.8 Å². The monoisotopic (exact) mass is 808 g/mol. The number of aliphatic hydroxyl groups excluding tert-OH is 7. The number of carbonyl (C=O) groups excluding carboxylic acids is 2. The van der Waals surface area contributed by atoms with Crippen LogP contribution in [0.25, 0.3) is 0 Å². The highest BCUT2D eigenvalue weighted by Gasteiger charge is 2.54. The molecule has 4 fully saturated rings. The van der Waals surface area contributed by atoms with Gasteiger partial charge in [-0.25, -0.2) is 9.59 Å². The van der Waals surface area contributed by atoms with Gasteiger partial charge in [-0.1, -0.05) is 0 Å². The van der Waals surface area contributed by atoms with Gasteiger partial charge in [0.1, 0.15) is 48.8 Å². The van der Waals surface area contributed by atoms with Crippen LogP contribution in [0.2, 0.25) is 0 Å². The van der Waals surface area contributed by atoms with Crippen molar-refractivity contribution in [2.75, 3.05) is 34.5 Å². The number of esters is 2. The maximum absolute atomic E-state index is 12.9. The molecule has 6 aliphatic rings. The number of methoxy groups -OCH3 is 3. The normalized spacial score (nSPS) is 46.5. The first kappa shape index (κ1) is 43.0. The minimum absolute atomic E-state index is 0.00989. The van der Waals surface area contributed by atoms with E-state index in [0.29, 0.717) is 0 Å². The fourth-order valence-corrected chi connectivity index (χ4v) is 8.23. The molecule has 0 spiro atoms. The molecule has 0 bridgehead atoms. The first-order valence-electron chi connectivity index (χ1n) is 18.4. The molecule has 21 heteroatoms. The number of aliphatic hydroxyl groups is 7. The summed E-state index contributed by atoms with van der Waals surface area (Å²) in [5.41, 5.74) is 0.357. The van der Waals surface area contributed by atoms with Gasteiger partial charge in [-0.2, -0.15) is 0 Å². The predicted octanol–water partition coefficient (Wildman–Crippen LogP) is -3.15. The van der Waals surface area contributed by atoms with Gasteiger partial charge in [0.05, 0.1) is 75.1 Å². The quantitative estimate of drug-likeness (QED) is 0.102. The second kappa shape index (κ2) is 18.1. The molecule has 56 heavy (non-hydrogen) atoms. The van der Waals surface area contributed by atoms with Gasteiger partial charge in [0.2, 0.25) is 12.6 Å². The summed E-state index contributed by atoms with van der Waals surface area (Å²) in [6, 6.07) is 0. The predicted molar refractivity (Wildman–Crippen MR) is 177 cm³/mol. The molecule has 21 nitrogen and oxygen atoms in total. The topological polar surface area (TPSA) is 287 Å². The Labute approximate surface area is 321 Å². The van der Waals surface area contributed by atoms with Crippen molar-refractivity contribution >= 4 is 11.9 Å². The van der Waals surface area contributed by atoms with Crippen molar-refractivity contribution in [3.63, 3.8) is 0 Å². The van der Waals surface area contributed by atoms with Crippen molar-refractivity contribution in [1.29, 1.82) is 0 Å². The maximum Gasteiger partial charge on any atom is 0.337 e. The highest BCUT2D eigenvalue weighted by molar-refractivity contribution is 5.89. The zero-order valence-corrected chi connectivity index (χ0v) is 31.4. The van der Waals surface area contributed by atoms with E-state index in [1.165, 1.54) is 27.6 Å². The van der Waals surface area contributed by atoms with E-state index >= 15 is 0 Å². The van der Waals surface area contributed by atoms with Gasteiger partial charge >= 0.3 is 11.9 Å². The Kier molecular flexibility index (Phi) is 13.9. The fourth-order valence-electron chi connectivity index (χ4n) is 8.23. The Morgan fingerprint density at radius 2 is 1.07 bits per heavy atom. The summed E-state index contributed by atoms with van der Waals surface area (Å²) in [5.74, 6) is -3.85. The third-order valence-corrected chi connectivity index (χ3v) is 11.3. The fraction of sp³-hybridized carbons (Fsp3) is 0.829. The van der Waals surface area contributed by atoms with Crippen LogP contribution in [0.15, 0.2) is 23.7 Å². The number of hydrogen-bond acceptors (Lipinski definition) is 21. The van der Waals surface area contributed by atoms with Crippen LogP contribution in [0.4, 0.5) is 0 Å². The number of rotatable bonds is 11. The van der Waals surface area contributed by atoms with E-state index in [1.807, 2.05) is 0 Å². The third kappa shape index (κ3) is 8.44. The number of fused-ring (bicyclic) bond motifs is 2. The van der Waals surface area contributed by atoms with Gasteiger partial charge in [-0.05, 0) is 13.8 Å². The van der Waals surface area contributed by atoms with Crippen LogP contribution < -0.4 is 0 Å². The van der Waals surface area contributed by atoms with E-state index in [-0.39, 0.29) is 24.0 Å². The summed E-state index contributed by atoms with van der Waals surface area (Å²) in [7, 11) is 3.91. The van der Waals surface area contributed by atoms with E-state index < -0.39 is 148 Å². The summed E-state index contributed by atoms with van der Waals surface area (Å²) < 4.78 is 68.4. The number of hydrogen-bond donors (Lipinski definition) is 7. The lowest BCUT2D eigenvalue weighted by atomic mass is 9.77. The summed E-state index contributed by atoms with van der Waals surface area (Å²) in [4.78, 5) is 25.4. The molecule has 0 unspecified atom stereocenters. The second-order valence-electron chi connectivity index (χ2n) is 14.6. The Balaban J connectivity index is 1.13. The zero-order chi connectivity index (χ0) is 40.6. The molecule has 6 heterocycles.